The summed E-state index contributed by atoms with van der Waals surface area (Å²) in [6, 6.07) is 9.73. The van der Waals surface area contributed by atoms with E-state index in [0.29, 0.717) is 18.9 Å². The first-order chi connectivity index (χ1) is 13.6. The van der Waals surface area contributed by atoms with Gasteiger partial charge in [0.25, 0.3) is 5.91 Å². The molecule has 0 aliphatic carbocycles. The molecule has 0 saturated carbocycles. The molecule has 1 aromatic carbocycles. The SMILES string of the molecule is Cc1ccc(-c2nnn(CC(=O)OCC(=O)N3CCc4sccc4C3)n2)cc1. The average Bonchev–Trinajstić information content (AvgIpc) is 3.35. The number of thiophene rings is 1. The predicted molar refractivity (Wildman–Crippen MR) is 102 cm³/mol. The second-order valence-corrected chi connectivity index (χ2v) is 7.61. The number of carbonyl (C=O) groups is 2. The Morgan fingerprint density at radius 2 is 2.04 bits per heavy atom. The topological polar surface area (TPSA) is 90.2 Å². The smallest absolute Gasteiger partial charge is 0.330 e. The van der Waals surface area contributed by atoms with Crippen molar-refractivity contribution in [1.82, 2.24) is 25.1 Å². The Balaban J connectivity index is 1.28. The summed E-state index contributed by atoms with van der Waals surface area (Å²) < 4.78 is 5.10. The van der Waals surface area contributed by atoms with Gasteiger partial charge in [-0.15, -0.1) is 21.5 Å². The van der Waals surface area contributed by atoms with E-state index in [-0.39, 0.29) is 19.1 Å². The molecule has 0 unspecified atom stereocenters. The van der Waals surface area contributed by atoms with E-state index in [2.05, 4.69) is 15.4 Å². The fraction of sp³-hybridized carbons (Fsp3) is 0.316. The second kappa shape index (κ2) is 7.89. The number of benzene rings is 1. The number of amides is 1. The Morgan fingerprint density at radius 1 is 1.21 bits per heavy atom. The van der Waals surface area contributed by atoms with Crippen LogP contribution < -0.4 is 0 Å². The Labute approximate surface area is 165 Å². The Kier molecular flexibility index (Phi) is 5.16. The molecule has 0 bridgehead atoms. The third-order valence-corrected chi connectivity index (χ3v) is 5.57. The molecule has 3 aromatic rings. The first-order valence-electron chi connectivity index (χ1n) is 8.92. The van der Waals surface area contributed by atoms with Gasteiger partial charge in [0.1, 0.15) is 0 Å². The minimum Gasteiger partial charge on any atom is -0.454 e. The molecule has 1 aliphatic heterocycles. The number of rotatable bonds is 5. The summed E-state index contributed by atoms with van der Waals surface area (Å²) in [4.78, 5) is 28.5. The quantitative estimate of drug-likeness (QED) is 0.610. The van der Waals surface area contributed by atoms with E-state index in [0.717, 1.165) is 17.5 Å². The summed E-state index contributed by atoms with van der Waals surface area (Å²) in [5.74, 6) is -0.338. The molecule has 9 heteroatoms. The van der Waals surface area contributed by atoms with Crippen molar-refractivity contribution in [3.05, 3.63) is 51.7 Å². The number of ether oxygens (including phenoxy) is 1. The van der Waals surface area contributed by atoms with Gasteiger partial charge in [-0.05, 0) is 35.6 Å². The molecule has 8 nitrogen and oxygen atoms in total. The number of tetrazole rings is 1. The molecule has 4 rings (SSSR count). The van der Waals surface area contributed by atoms with E-state index in [1.54, 1.807) is 16.2 Å². The van der Waals surface area contributed by atoms with Crippen LogP contribution >= 0.6 is 11.3 Å². The number of hydrogen-bond donors (Lipinski definition) is 0. The molecule has 1 aliphatic rings. The van der Waals surface area contributed by atoms with Crippen LogP contribution in [0, 0.1) is 6.92 Å². The first-order valence-corrected chi connectivity index (χ1v) is 9.80. The van der Waals surface area contributed by atoms with Gasteiger partial charge < -0.3 is 9.64 Å². The summed E-state index contributed by atoms with van der Waals surface area (Å²) in [5, 5.41) is 14.0. The minimum atomic E-state index is -0.575. The predicted octanol–water partition coefficient (Wildman–Crippen LogP) is 1.84. The van der Waals surface area contributed by atoms with Crippen LogP contribution in [0.1, 0.15) is 16.0 Å². The summed E-state index contributed by atoms with van der Waals surface area (Å²) >= 11 is 1.71. The van der Waals surface area contributed by atoms with Crippen LogP contribution in [0.2, 0.25) is 0 Å². The lowest BCUT2D eigenvalue weighted by molar-refractivity contribution is -0.153. The van der Waals surface area contributed by atoms with Gasteiger partial charge in [0.2, 0.25) is 5.82 Å². The maximum absolute atomic E-state index is 12.3. The zero-order valence-corrected chi connectivity index (χ0v) is 16.2. The molecule has 28 heavy (non-hydrogen) atoms. The van der Waals surface area contributed by atoms with Gasteiger partial charge in [0, 0.05) is 23.5 Å². The maximum atomic E-state index is 12.3. The molecular formula is C19H19N5O3S. The van der Waals surface area contributed by atoms with Crippen molar-refractivity contribution in [2.24, 2.45) is 0 Å². The van der Waals surface area contributed by atoms with Crippen molar-refractivity contribution >= 4 is 23.2 Å². The molecule has 0 spiro atoms. The van der Waals surface area contributed by atoms with Crippen LogP contribution in [0.5, 0.6) is 0 Å². The molecule has 0 saturated heterocycles. The largest absolute Gasteiger partial charge is 0.454 e. The van der Waals surface area contributed by atoms with E-state index in [4.69, 9.17) is 4.74 Å². The summed E-state index contributed by atoms with van der Waals surface area (Å²) in [6.45, 7) is 2.74. The van der Waals surface area contributed by atoms with Crippen LogP contribution in [-0.4, -0.2) is 50.1 Å². The van der Waals surface area contributed by atoms with Gasteiger partial charge in [-0.1, -0.05) is 29.8 Å². The van der Waals surface area contributed by atoms with Crippen LogP contribution in [-0.2, 0) is 33.8 Å². The van der Waals surface area contributed by atoms with E-state index in [1.807, 2.05) is 42.6 Å². The monoisotopic (exact) mass is 397 g/mol. The minimum absolute atomic E-state index is 0.194. The van der Waals surface area contributed by atoms with Crippen LogP contribution in [0.25, 0.3) is 11.4 Å². The van der Waals surface area contributed by atoms with Gasteiger partial charge in [0.15, 0.2) is 13.2 Å². The normalized spacial score (nSPS) is 13.2. The number of esters is 1. The van der Waals surface area contributed by atoms with Crippen LogP contribution in [0.4, 0.5) is 0 Å². The van der Waals surface area contributed by atoms with Gasteiger partial charge in [-0.2, -0.15) is 4.80 Å². The van der Waals surface area contributed by atoms with E-state index in [1.165, 1.54) is 15.2 Å². The second-order valence-electron chi connectivity index (χ2n) is 6.60. The molecule has 144 valence electrons. The number of fused-ring (bicyclic) bond motifs is 1. The molecule has 1 amide bonds. The van der Waals surface area contributed by atoms with Crippen LogP contribution in [0.3, 0.4) is 0 Å². The third kappa shape index (κ3) is 4.09. The number of nitrogens with zero attached hydrogens (tertiary/aromatic N) is 5. The van der Waals surface area contributed by atoms with Crippen molar-refractivity contribution in [2.45, 2.75) is 26.4 Å². The third-order valence-electron chi connectivity index (χ3n) is 4.55. The van der Waals surface area contributed by atoms with E-state index >= 15 is 0 Å². The first kappa shape index (κ1) is 18.3. The Bertz CT molecular complexity index is 995. The summed E-state index contributed by atoms with van der Waals surface area (Å²) in [6.07, 6.45) is 0.845. The fourth-order valence-corrected chi connectivity index (χ4v) is 3.87. The van der Waals surface area contributed by atoms with Crippen molar-refractivity contribution in [2.75, 3.05) is 13.2 Å². The molecule has 0 atom stereocenters. The zero-order chi connectivity index (χ0) is 19.5. The lowest BCUT2D eigenvalue weighted by Crippen LogP contribution is -2.38. The van der Waals surface area contributed by atoms with Crippen LogP contribution in [0.15, 0.2) is 35.7 Å². The molecule has 2 aromatic heterocycles. The zero-order valence-electron chi connectivity index (χ0n) is 15.4. The molecule has 0 fully saturated rings. The van der Waals surface area contributed by atoms with Crippen molar-refractivity contribution in [1.29, 1.82) is 0 Å². The standard InChI is InChI=1S/C19H19N5O3S/c1-13-2-4-14(5-3-13)19-20-22-24(21-19)11-18(26)27-12-17(25)23-8-6-16-15(10-23)7-9-28-16/h2-5,7,9H,6,8,10-12H2,1H3. The lowest BCUT2D eigenvalue weighted by Gasteiger charge is -2.26. The van der Waals surface area contributed by atoms with E-state index < -0.39 is 5.97 Å². The molecule has 0 N–H and O–H groups in total. The number of aromatic nitrogens is 4. The van der Waals surface area contributed by atoms with Gasteiger partial charge >= 0.3 is 5.97 Å². The van der Waals surface area contributed by atoms with Crippen molar-refractivity contribution in [3.63, 3.8) is 0 Å². The highest BCUT2D eigenvalue weighted by atomic mass is 32.1. The highest BCUT2D eigenvalue weighted by Crippen LogP contribution is 2.24. The van der Waals surface area contributed by atoms with E-state index in [9.17, 15) is 9.59 Å². The van der Waals surface area contributed by atoms with Crippen molar-refractivity contribution in [3.8, 4) is 11.4 Å². The fourth-order valence-electron chi connectivity index (χ4n) is 2.98. The molecule has 3 heterocycles. The highest BCUT2D eigenvalue weighted by Gasteiger charge is 2.22. The van der Waals surface area contributed by atoms with Gasteiger partial charge in [-0.3, -0.25) is 4.79 Å². The molecular weight excluding hydrogens is 378 g/mol. The Morgan fingerprint density at radius 3 is 2.86 bits per heavy atom. The number of carbonyl (C=O) groups excluding carboxylic acids is 2. The van der Waals surface area contributed by atoms with Crippen molar-refractivity contribution < 1.29 is 14.3 Å². The van der Waals surface area contributed by atoms with Gasteiger partial charge in [0.05, 0.1) is 0 Å². The summed E-state index contributed by atoms with van der Waals surface area (Å²) in [7, 11) is 0. The maximum Gasteiger partial charge on any atom is 0.330 e. The van der Waals surface area contributed by atoms with Gasteiger partial charge in [-0.25, -0.2) is 4.79 Å². The average molecular weight is 397 g/mol. The highest BCUT2D eigenvalue weighted by molar-refractivity contribution is 7.10. The lowest BCUT2D eigenvalue weighted by atomic mass is 10.1. The number of hydrogen-bond acceptors (Lipinski definition) is 7. The Hall–Kier alpha value is -3.07. The molecule has 0 radical (unpaired) electrons. The summed E-state index contributed by atoms with van der Waals surface area (Å²) in [5.41, 5.74) is 3.12. The number of aryl methyl sites for hydroxylation is 1.